The number of aromatic amines is 1. The van der Waals surface area contributed by atoms with Gasteiger partial charge in [-0.25, -0.2) is 0 Å². The lowest BCUT2D eigenvalue weighted by atomic mass is 10.2. The predicted octanol–water partition coefficient (Wildman–Crippen LogP) is 3.68. The van der Waals surface area contributed by atoms with Crippen LogP contribution in [0.15, 0.2) is 42.6 Å². The molecule has 7 nitrogen and oxygen atoms in total. The lowest BCUT2D eigenvalue weighted by Gasteiger charge is -2.07. The molecule has 1 aromatic carbocycles. The van der Waals surface area contributed by atoms with E-state index in [0.29, 0.717) is 35.5 Å². The molecule has 2 heterocycles. The number of benzene rings is 1. The van der Waals surface area contributed by atoms with E-state index >= 15 is 0 Å². The second-order valence-corrected chi connectivity index (χ2v) is 5.97. The van der Waals surface area contributed by atoms with Crippen LogP contribution >= 0.6 is 0 Å². The van der Waals surface area contributed by atoms with Gasteiger partial charge in [0, 0.05) is 23.7 Å². The Morgan fingerprint density at radius 1 is 1.16 bits per heavy atom. The minimum Gasteiger partial charge on any atom is -0.456 e. The molecule has 1 aliphatic carbocycles. The van der Waals surface area contributed by atoms with Crippen molar-refractivity contribution in [2.24, 2.45) is 0 Å². The summed E-state index contributed by atoms with van der Waals surface area (Å²) in [5.41, 5.74) is 2.11. The van der Waals surface area contributed by atoms with Gasteiger partial charge in [0.05, 0.1) is 18.7 Å². The molecule has 25 heavy (non-hydrogen) atoms. The summed E-state index contributed by atoms with van der Waals surface area (Å²) in [7, 11) is 0. The van der Waals surface area contributed by atoms with Gasteiger partial charge < -0.3 is 10.1 Å². The summed E-state index contributed by atoms with van der Waals surface area (Å²) in [6, 6.07) is 13.3. The molecule has 0 radical (unpaired) electrons. The maximum Gasteiger partial charge on any atom is 0.157 e. The van der Waals surface area contributed by atoms with Crippen molar-refractivity contribution in [3.8, 4) is 17.6 Å². The van der Waals surface area contributed by atoms with Crippen LogP contribution in [0, 0.1) is 11.3 Å². The molecule has 1 aliphatic rings. The van der Waals surface area contributed by atoms with Gasteiger partial charge >= 0.3 is 0 Å². The summed E-state index contributed by atoms with van der Waals surface area (Å²) in [4.78, 5) is 0. The van der Waals surface area contributed by atoms with Gasteiger partial charge in [0.1, 0.15) is 5.75 Å². The molecule has 2 aromatic heterocycles. The first kappa shape index (κ1) is 15.1. The molecule has 2 N–H and O–H groups in total. The highest BCUT2D eigenvalue weighted by atomic mass is 16.5. The van der Waals surface area contributed by atoms with Gasteiger partial charge in [0.15, 0.2) is 17.4 Å². The largest absolute Gasteiger partial charge is 0.456 e. The number of nitrogens with zero attached hydrogens (tertiary/aromatic N) is 4. The van der Waals surface area contributed by atoms with E-state index in [4.69, 9.17) is 10.00 Å². The summed E-state index contributed by atoms with van der Waals surface area (Å²) >= 11 is 0. The molecule has 7 heteroatoms. The quantitative estimate of drug-likeness (QED) is 0.714. The van der Waals surface area contributed by atoms with Crippen LogP contribution in [-0.2, 0) is 6.42 Å². The fourth-order valence-corrected chi connectivity index (χ4v) is 2.50. The number of nitrogens with one attached hydrogen (secondary N) is 2. The molecule has 0 spiro atoms. The van der Waals surface area contributed by atoms with E-state index in [1.807, 2.05) is 30.3 Å². The van der Waals surface area contributed by atoms with E-state index in [1.54, 1.807) is 12.3 Å². The maximum atomic E-state index is 8.70. The molecule has 0 atom stereocenters. The number of ether oxygens (including phenoxy) is 1. The van der Waals surface area contributed by atoms with Gasteiger partial charge in [-0.3, -0.25) is 5.10 Å². The van der Waals surface area contributed by atoms with E-state index in [0.717, 1.165) is 11.3 Å². The Morgan fingerprint density at radius 2 is 2.00 bits per heavy atom. The average molecular weight is 332 g/mol. The first-order chi connectivity index (χ1) is 12.3. The SMILES string of the molecule is N#CCc1ccc(Oc2cnnc(Nc3cc(C4CC4)[nH]n3)c2)cc1. The molecular weight excluding hydrogens is 316 g/mol. The average Bonchev–Trinajstić information content (AvgIpc) is 3.37. The Labute approximate surface area is 144 Å². The van der Waals surface area contributed by atoms with Crippen LogP contribution in [0.4, 0.5) is 11.6 Å². The van der Waals surface area contributed by atoms with Crippen LogP contribution in [0.1, 0.15) is 30.0 Å². The zero-order valence-corrected chi connectivity index (χ0v) is 13.4. The van der Waals surface area contributed by atoms with Crippen LogP contribution in [0.3, 0.4) is 0 Å². The predicted molar refractivity (Wildman–Crippen MR) is 91.7 cm³/mol. The number of anilines is 2. The Hall–Kier alpha value is -3.40. The van der Waals surface area contributed by atoms with Crippen molar-refractivity contribution < 1.29 is 4.74 Å². The van der Waals surface area contributed by atoms with Crippen LogP contribution in [-0.4, -0.2) is 20.4 Å². The minimum atomic E-state index is 0.387. The van der Waals surface area contributed by atoms with Gasteiger partial charge in [-0.05, 0) is 30.5 Å². The van der Waals surface area contributed by atoms with E-state index in [-0.39, 0.29) is 0 Å². The van der Waals surface area contributed by atoms with Crippen molar-refractivity contribution in [1.29, 1.82) is 5.26 Å². The highest BCUT2D eigenvalue weighted by molar-refractivity contribution is 5.53. The van der Waals surface area contributed by atoms with Crippen LogP contribution in [0.25, 0.3) is 0 Å². The first-order valence-electron chi connectivity index (χ1n) is 8.09. The Kier molecular flexibility index (Phi) is 4.01. The molecule has 0 amide bonds. The molecule has 124 valence electrons. The fraction of sp³-hybridized carbons (Fsp3) is 0.222. The maximum absolute atomic E-state index is 8.70. The van der Waals surface area contributed by atoms with Crippen molar-refractivity contribution in [1.82, 2.24) is 20.4 Å². The van der Waals surface area contributed by atoms with Crippen LogP contribution in [0.2, 0.25) is 0 Å². The standard InChI is InChI=1S/C18H16N6O/c19-8-7-12-1-5-14(6-2-12)25-15-9-17(23-20-11-15)21-18-10-16(22-24-18)13-3-4-13/h1-2,5-6,9-11,13H,3-4,7H2,(H2,21,22,23,24). The molecule has 0 aliphatic heterocycles. The van der Waals surface area contributed by atoms with Crippen LogP contribution < -0.4 is 10.1 Å². The highest BCUT2D eigenvalue weighted by Gasteiger charge is 2.25. The van der Waals surface area contributed by atoms with Gasteiger partial charge in [-0.1, -0.05) is 12.1 Å². The fourth-order valence-electron chi connectivity index (χ4n) is 2.50. The molecule has 0 unspecified atom stereocenters. The highest BCUT2D eigenvalue weighted by Crippen LogP contribution is 2.39. The summed E-state index contributed by atoms with van der Waals surface area (Å²) in [6.45, 7) is 0. The van der Waals surface area contributed by atoms with Gasteiger partial charge in [0.25, 0.3) is 0 Å². The van der Waals surface area contributed by atoms with E-state index in [1.165, 1.54) is 12.8 Å². The molecule has 3 aromatic rings. The van der Waals surface area contributed by atoms with Crippen molar-refractivity contribution in [3.63, 3.8) is 0 Å². The zero-order chi connectivity index (χ0) is 17.1. The minimum absolute atomic E-state index is 0.387. The van der Waals surface area contributed by atoms with E-state index < -0.39 is 0 Å². The second-order valence-electron chi connectivity index (χ2n) is 5.97. The lowest BCUT2D eigenvalue weighted by molar-refractivity contribution is 0.478. The molecule has 4 rings (SSSR count). The molecule has 1 fully saturated rings. The van der Waals surface area contributed by atoms with Crippen molar-refractivity contribution in [2.45, 2.75) is 25.2 Å². The summed E-state index contributed by atoms with van der Waals surface area (Å²) < 4.78 is 5.79. The number of aromatic nitrogens is 4. The van der Waals surface area contributed by atoms with E-state index in [9.17, 15) is 0 Å². The Balaban J connectivity index is 1.44. The summed E-state index contributed by atoms with van der Waals surface area (Å²) in [5.74, 6) is 3.15. The Bertz CT molecular complexity index is 908. The van der Waals surface area contributed by atoms with Gasteiger partial charge in [-0.15, -0.1) is 5.10 Å². The summed E-state index contributed by atoms with van der Waals surface area (Å²) in [6.07, 6.45) is 4.38. The first-order valence-corrected chi connectivity index (χ1v) is 8.09. The van der Waals surface area contributed by atoms with Crippen molar-refractivity contribution in [3.05, 3.63) is 53.9 Å². The number of nitriles is 1. The Morgan fingerprint density at radius 3 is 2.76 bits per heavy atom. The topological polar surface area (TPSA) is 99.5 Å². The monoisotopic (exact) mass is 332 g/mol. The second kappa shape index (κ2) is 6.61. The number of rotatable bonds is 6. The molecule has 0 saturated heterocycles. The number of H-pyrrole nitrogens is 1. The number of hydrogen-bond acceptors (Lipinski definition) is 6. The number of hydrogen-bond donors (Lipinski definition) is 2. The van der Waals surface area contributed by atoms with E-state index in [2.05, 4.69) is 31.8 Å². The van der Waals surface area contributed by atoms with Gasteiger partial charge in [-0.2, -0.15) is 15.5 Å². The lowest BCUT2D eigenvalue weighted by Crippen LogP contribution is -1.96. The molecule has 0 bridgehead atoms. The summed E-state index contributed by atoms with van der Waals surface area (Å²) in [5, 5.41) is 27.1. The third kappa shape index (κ3) is 3.75. The van der Waals surface area contributed by atoms with Crippen molar-refractivity contribution in [2.75, 3.05) is 5.32 Å². The van der Waals surface area contributed by atoms with Crippen molar-refractivity contribution >= 4 is 11.6 Å². The van der Waals surface area contributed by atoms with Gasteiger partial charge in [0.2, 0.25) is 0 Å². The smallest absolute Gasteiger partial charge is 0.157 e. The van der Waals surface area contributed by atoms with Crippen LogP contribution in [0.5, 0.6) is 11.5 Å². The third-order valence-electron chi connectivity index (χ3n) is 3.94. The zero-order valence-electron chi connectivity index (χ0n) is 13.4. The normalized spacial score (nSPS) is 13.2. The molecular formula is C18H16N6O. The third-order valence-corrected chi connectivity index (χ3v) is 3.94. The molecule has 1 saturated carbocycles.